The SMILES string of the molecule is CCc1cnc(N2CCC(C3=C4C=NC=C[N+]4(Nc4ccc(-n5cncn5)nc4C)C=N3)CC2)nc1. The summed E-state index contributed by atoms with van der Waals surface area (Å²) >= 11 is 0. The van der Waals surface area contributed by atoms with Crippen LogP contribution in [0.15, 0.2) is 71.0 Å². The zero-order valence-electron chi connectivity index (χ0n) is 20.4. The molecule has 1 unspecified atom stereocenters. The van der Waals surface area contributed by atoms with Crippen LogP contribution in [0.3, 0.4) is 0 Å². The van der Waals surface area contributed by atoms with Crippen molar-refractivity contribution in [2.45, 2.75) is 33.1 Å². The molecule has 1 fully saturated rings. The molecule has 0 aliphatic carbocycles. The molecule has 11 heteroatoms. The number of piperidine rings is 1. The van der Waals surface area contributed by atoms with E-state index in [2.05, 4.69) is 42.3 Å². The molecule has 3 aromatic heterocycles. The molecule has 1 saturated heterocycles. The van der Waals surface area contributed by atoms with Crippen LogP contribution in [0.2, 0.25) is 0 Å². The first-order chi connectivity index (χ1) is 17.6. The van der Waals surface area contributed by atoms with Gasteiger partial charge in [-0.25, -0.2) is 30.0 Å². The molecule has 182 valence electrons. The Morgan fingerprint density at radius 1 is 1.14 bits per heavy atom. The molecule has 0 radical (unpaired) electrons. The number of fused-ring (bicyclic) bond motifs is 1. The summed E-state index contributed by atoms with van der Waals surface area (Å²) < 4.78 is 1.93. The van der Waals surface area contributed by atoms with E-state index in [-0.39, 0.29) is 4.59 Å². The number of nitrogens with zero attached hydrogens (tertiary/aromatic N) is 10. The van der Waals surface area contributed by atoms with E-state index in [4.69, 9.17) is 9.98 Å². The Balaban J connectivity index is 1.21. The highest BCUT2D eigenvalue weighted by Gasteiger charge is 2.42. The molecule has 1 atom stereocenters. The molecule has 3 aliphatic rings. The molecule has 11 nitrogen and oxygen atoms in total. The largest absolute Gasteiger partial charge is 0.341 e. The summed E-state index contributed by atoms with van der Waals surface area (Å²) in [4.78, 5) is 29.4. The summed E-state index contributed by atoms with van der Waals surface area (Å²) in [7, 11) is 0. The van der Waals surface area contributed by atoms with E-state index >= 15 is 0 Å². The molecule has 0 amide bonds. The van der Waals surface area contributed by atoms with Gasteiger partial charge in [0.05, 0.1) is 18.1 Å². The Morgan fingerprint density at radius 2 is 1.97 bits per heavy atom. The zero-order chi connectivity index (χ0) is 24.5. The van der Waals surface area contributed by atoms with Gasteiger partial charge in [0.2, 0.25) is 18.0 Å². The van der Waals surface area contributed by atoms with Gasteiger partial charge in [-0.1, -0.05) is 6.92 Å². The lowest BCUT2D eigenvalue weighted by Crippen LogP contribution is -2.46. The van der Waals surface area contributed by atoms with E-state index < -0.39 is 0 Å². The Morgan fingerprint density at radius 3 is 2.69 bits per heavy atom. The number of pyridine rings is 1. The van der Waals surface area contributed by atoms with Gasteiger partial charge < -0.3 is 4.90 Å². The third-order valence-electron chi connectivity index (χ3n) is 6.92. The van der Waals surface area contributed by atoms with Gasteiger partial charge in [-0.15, -0.1) is 4.59 Å². The van der Waals surface area contributed by atoms with Crippen LogP contribution >= 0.6 is 0 Å². The topological polar surface area (TPSA) is 109 Å². The molecule has 0 spiro atoms. The lowest BCUT2D eigenvalue weighted by molar-refractivity contribution is -0.705. The highest BCUT2D eigenvalue weighted by atomic mass is 15.7. The number of aryl methyl sites for hydroxylation is 2. The van der Waals surface area contributed by atoms with Gasteiger partial charge in [-0.05, 0) is 43.9 Å². The lowest BCUT2D eigenvalue weighted by Gasteiger charge is -2.33. The Hall–Kier alpha value is -4.25. The Bertz CT molecular complexity index is 1360. The third-order valence-corrected chi connectivity index (χ3v) is 6.92. The van der Waals surface area contributed by atoms with E-state index in [1.54, 1.807) is 17.2 Å². The van der Waals surface area contributed by atoms with E-state index in [0.29, 0.717) is 5.92 Å². The van der Waals surface area contributed by atoms with Crippen molar-refractivity contribution >= 4 is 24.2 Å². The molecular weight excluding hydrogens is 454 g/mol. The average molecular weight is 483 g/mol. The van der Waals surface area contributed by atoms with Gasteiger partial charge >= 0.3 is 0 Å². The summed E-state index contributed by atoms with van der Waals surface area (Å²) in [6, 6.07) is 3.93. The second kappa shape index (κ2) is 9.08. The Labute approximate surface area is 209 Å². The van der Waals surface area contributed by atoms with Crippen molar-refractivity contribution < 1.29 is 4.59 Å². The molecule has 1 N–H and O–H groups in total. The number of anilines is 2. The first-order valence-corrected chi connectivity index (χ1v) is 12.2. The molecule has 3 aliphatic heterocycles. The fraction of sp³-hybridized carbons (Fsp3) is 0.320. The van der Waals surface area contributed by atoms with Crippen LogP contribution in [0.4, 0.5) is 11.6 Å². The predicted octanol–water partition coefficient (Wildman–Crippen LogP) is 3.19. The fourth-order valence-electron chi connectivity index (χ4n) is 4.82. The van der Waals surface area contributed by atoms with Crippen LogP contribution in [0.5, 0.6) is 0 Å². The van der Waals surface area contributed by atoms with Crippen molar-refractivity contribution in [2.24, 2.45) is 15.9 Å². The minimum absolute atomic E-state index is 0.284. The fourth-order valence-corrected chi connectivity index (χ4v) is 4.82. The number of allylic oxidation sites excluding steroid dienone is 2. The maximum absolute atomic E-state index is 4.91. The Kier molecular flexibility index (Phi) is 5.61. The molecule has 0 aromatic carbocycles. The van der Waals surface area contributed by atoms with Gasteiger partial charge in [0.25, 0.3) is 0 Å². The van der Waals surface area contributed by atoms with E-state index in [1.165, 1.54) is 6.33 Å². The number of quaternary nitrogens is 1. The van der Waals surface area contributed by atoms with Crippen molar-refractivity contribution in [2.75, 3.05) is 23.4 Å². The molecule has 36 heavy (non-hydrogen) atoms. The summed E-state index contributed by atoms with van der Waals surface area (Å²) in [5.41, 5.74) is 8.68. The summed E-state index contributed by atoms with van der Waals surface area (Å²) in [5.74, 6) is 1.87. The number of hydrogen-bond acceptors (Lipinski definition) is 9. The number of nitrogens with one attached hydrogen (secondary N) is 1. The summed E-state index contributed by atoms with van der Waals surface area (Å²) in [6.45, 7) is 5.89. The van der Waals surface area contributed by atoms with Crippen molar-refractivity contribution in [3.63, 3.8) is 0 Å². The lowest BCUT2D eigenvalue weighted by atomic mass is 9.92. The average Bonchev–Trinajstić information content (AvgIpc) is 3.59. The minimum atomic E-state index is 0.284. The number of aromatic nitrogens is 6. The third kappa shape index (κ3) is 3.97. The highest BCUT2D eigenvalue weighted by Crippen LogP contribution is 2.37. The van der Waals surface area contributed by atoms with Gasteiger partial charge in [0, 0.05) is 31.4 Å². The monoisotopic (exact) mass is 482 g/mol. The van der Waals surface area contributed by atoms with E-state index in [0.717, 1.165) is 72.5 Å². The molecular formula is C25H28N11+. The maximum Gasteiger partial charge on any atom is 0.225 e. The second-order valence-corrected chi connectivity index (χ2v) is 9.13. The van der Waals surface area contributed by atoms with Crippen molar-refractivity contribution in [1.82, 2.24) is 29.7 Å². The van der Waals surface area contributed by atoms with Gasteiger partial charge in [0.1, 0.15) is 24.0 Å². The quantitative estimate of drug-likeness (QED) is 0.537. The molecule has 6 heterocycles. The van der Waals surface area contributed by atoms with Crippen molar-refractivity contribution in [1.29, 1.82) is 0 Å². The summed E-state index contributed by atoms with van der Waals surface area (Å²) in [5, 5.41) is 4.17. The van der Waals surface area contributed by atoms with Gasteiger partial charge in [-0.3, -0.25) is 4.99 Å². The molecule has 6 rings (SSSR count). The van der Waals surface area contributed by atoms with Crippen LogP contribution in [0, 0.1) is 12.8 Å². The number of aliphatic imine (C=N–C) groups is 2. The van der Waals surface area contributed by atoms with Gasteiger partial charge in [-0.2, -0.15) is 10.1 Å². The number of hydrogen-bond donors (Lipinski definition) is 1. The molecule has 0 bridgehead atoms. The minimum Gasteiger partial charge on any atom is -0.341 e. The standard InChI is InChI=1S/C25H28N11/c1-3-19-12-28-25(29-13-19)34-9-6-20(7-10-34)24-22-14-26-8-11-36(22,17-30-24)33-21-4-5-23(32-18(21)2)35-16-27-15-31-35/h4-5,8,11-17,20,33H,3,6-7,9-10H2,1-2H3/q+1. The predicted molar refractivity (Wildman–Crippen MR) is 137 cm³/mol. The molecule has 0 saturated carbocycles. The van der Waals surface area contributed by atoms with E-state index in [9.17, 15) is 0 Å². The first-order valence-electron chi connectivity index (χ1n) is 12.2. The summed E-state index contributed by atoms with van der Waals surface area (Å²) in [6.07, 6.45) is 17.6. The van der Waals surface area contributed by atoms with Crippen LogP contribution < -0.4 is 10.3 Å². The normalized spacial score (nSPS) is 21.3. The number of rotatable bonds is 6. The van der Waals surface area contributed by atoms with E-state index in [1.807, 2.05) is 50.2 Å². The van der Waals surface area contributed by atoms with Crippen LogP contribution in [-0.2, 0) is 6.42 Å². The van der Waals surface area contributed by atoms with Crippen LogP contribution in [0.25, 0.3) is 5.82 Å². The van der Waals surface area contributed by atoms with Crippen molar-refractivity contribution in [3.8, 4) is 5.82 Å². The zero-order valence-corrected chi connectivity index (χ0v) is 20.4. The first kappa shape index (κ1) is 22.2. The molecule has 3 aromatic rings. The van der Waals surface area contributed by atoms with Crippen molar-refractivity contribution in [3.05, 3.63) is 72.2 Å². The van der Waals surface area contributed by atoms with Gasteiger partial charge in [0.15, 0.2) is 12.0 Å². The smallest absolute Gasteiger partial charge is 0.225 e. The van der Waals surface area contributed by atoms with Crippen LogP contribution in [0.1, 0.15) is 31.0 Å². The second-order valence-electron chi connectivity index (χ2n) is 9.13. The maximum atomic E-state index is 4.91. The highest BCUT2D eigenvalue weighted by molar-refractivity contribution is 5.84. The van der Waals surface area contributed by atoms with Crippen LogP contribution in [-0.4, -0.2) is 60.0 Å².